The minimum Gasteiger partial charge on any atom is -0.603 e. The number of rotatable bonds is 4. The lowest BCUT2D eigenvalue weighted by molar-refractivity contribution is -0.385. The van der Waals surface area contributed by atoms with Gasteiger partial charge in [-0.1, -0.05) is 11.3 Å². The number of hydrogen-bond donors (Lipinski definition) is 0. The van der Waals surface area contributed by atoms with Crippen molar-refractivity contribution in [3.8, 4) is 0 Å². The quantitative estimate of drug-likeness (QED) is 0.367. The van der Waals surface area contributed by atoms with E-state index in [-0.39, 0.29) is 9.47 Å². The number of aromatic nitrogens is 3. The van der Waals surface area contributed by atoms with E-state index in [0.29, 0.717) is 15.7 Å². The molecule has 11 heteroatoms. The van der Waals surface area contributed by atoms with Crippen molar-refractivity contribution in [3.63, 3.8) is 0 Å². The fraction of sp³-hybridized carbons (Fsp3) is 0.167. The maximum absolute atomic E-state index is 11.9. The van der Waals surface area contributed by atoms with Crippen LogP contribution in [0.3, 0.4) is 0 Å². The van der Waals surface area contributed by atoms with Gasteiger partial charge < -0.3 is 14.7 Å². The van der Waals surface area contributed by atoms with Crippen LogP contribution in [0.4, 0.5) is 5.13 Å². The highest BCUT2D eigenvalue weighted by Crippen LogP contribution is 2.32. The second-order valence-corrected chi connectivity index (χ2v) is 7.45. The minimum atomic E-state index is -1.59. The van der Waals surface area contributed by atoms with Gasteiger partial charge in [0.05, 0.1) is 21.6 Å². The van der Waals surface area contributed by atoms with Gasteiger partial charge in [0.25, 0.3) is 0 Å². The van der Waals surface area contributed by atoms with Crippen LogP contribution in [-0.2, 0) is 11.2 Å². The largest absolute Gasteiger partial charge is 0.603 e. The number of nitro groups is 1. The summed E-state index contributed by atoms with van der Waals surface area (Å²) in [6, 6.07) is 0. The molecular weight excluding hydrogens is 304 g/mol. The molecule has 0 aromatic carbocycles. The summed E-state index contributed by atoms with van der Waals surface area (Å²) in [4.78, 5) is 13.7. The molecule has 17 heavy (non-hydrogen) atoms. The summed E-state index contributed by atoms with van der Waals surface area (Å²) in [5.41, 5.74) is 0. The normalized spacial score (nSPS) is 12.6. The van der Waals surface area contributed by atoms with E-state index >= 15 is 0 Å². The third kappa shape index (κ3) is 2.74. The van der Waals surface area contributed by atoms with Crippen molar-refractivity contribution < 1.29 is 9.48 Å². The van der Waals surface area contributed by atoms with E-state index in [2.05, 4.69) is 15.2 Å². The Labute approximate surface area is 111 Å². The van der Waals surface area contributed by atoms with E-state index < -0.39 is 16.1 Å². The molecule has 0 N–H and O–H groups in total. The molecule has 7 nitrogen and oxygen atoms in total. The topological polar surface area (TPSA) is 105 Å². The molecule has 0 fully saturated rings. The third-order valence-electron chi connectivity index (χ3n) is 1.53. The van der Waals surface area contributed by atoms with Crippen molar-refractivity contribution in [2.45, 2.75) is 12.9 Å². The van der Waals surface area contributed by atoms with E-state index in [9.17, 15) is 14.7 Å². The highest BCUT2D eigenvalue weighted by Gasteiger charge is 2.29. The summed E-state index contributed by atoms with van der Waals surface area (Å²) in [6.07, 6.45) is 3.49. The zero-order valence-corrected chi connectivity index (χ0v) is 11.5. The zero-order chi connectivity index (χ0) is 12.4. The van der Waals surface area contributed by atoms with Gasteiger partial charge >= 0.3 is 13.8 Å². The monoisotopic (exact) mass is 308 g/mol. The molecule has 2 aromatic heterocycles. The van der Waals surface area contributed by atoms with Gasteiger partial charge in [-0.3, -0.25) is 0 Å². The molecule has 0 bridgehead atoms. The Morgan fingerprint density at radius 1 is 1.41 bits per heavy atom. The lowest BCUT2D eigenvalue weighted by Crippen LogP contribution is -2.00. The Hall–Kier alpha value is -0.750. The molecule has 0 saturated heterocycles. The van der Waals surface area contributed by atoms with Crippen LogP contribution in [0.15, 0.2) is 19.1 Å². The van der Waals surface area contributed by atoms with Crippen LogP contribution in [-0.4, -0.2) is 30.9 Å². The van der Waals surface area contributed by atoms with Gasteiger partial charge in [0.2, 0.25) is 0 Å². The van der Waals surface area contributed by atoms with E-state index in [1.165, 1.54) is 23.1 Å². The van der Waals surface area contributed by atoms with Crippen molar-refractivity contribution in [2.75, 3.05) is 6.26 Å². The Kier molecular flexibility index (Phi) is 3.93. The summed E-state index contributed by atoms with van der Waals surface area (Å²) < 4.78 is 13.3. The molecule has 2 heterocycles. The molecule has 0 spiro atoms. The first-order valence-electron chi connectivity index (χ1n) is 4.01. The van der Waals surface area contributed by atoms with Gasteiger partial charge in [-0.15, -0.1) is 11.8 Å². The Bertz CT molecular complexity index is 541. The molecule has 0 amide bonds. The van der Waals surface area contributed by atoms with Crippen molar-refractivity contribution in [3.05, 3.63) is 16.3 Å². The van der Waals surface area contributed by atoms with Crippen LogP contribution in [0.2, 0.25) is 0 Å². The number of thiazole rings is 1. The van der Waals surface area contributed by atoms with Crippen molar-refractivity contribution in [1.29, 1.82) is 0 Å². The molecular formula is C6H4N4O3S4. The summed E-state index contributed by atoms with van der Waals surface area (Å²) in [5, 5.41) is 16.9. The first kappa shape index (κ1) is 12.7. The highest BCUT2D eigenvalue weighted by atomic mass is 32.3. The summed E-state index contributed by atoms with van der Waals surface area (Å²) >= 11 is 1.88. The van der Waals surface area contributed by atoms with Crippen LogP contribution in [0.1, 0.15) is 0 Å². The third-order valence-corrected chi connectivity index (χ3v) is 6.28. The fourth-order valence-corrected chi connectivity index (χ4v) is 4.66. The molecule has 0 aliphatic heterocycles. The van der Waals surface area contributed by atoms with Crippen molar-refractivity contribution in [2.24, 2.45) is 0 Å². The fourth-order valence-electron chi connectivity index (χ4n) is 0.850. The van der Waals surface area contributed by atoms with E-state index in [1.54, 1.807) is 6.20 Å². The molecule has 2 aromatic rings. The van der Waals surface area contributed by atoms with Crippen LogP contribution in [0.25, 0.3) is 0 Å². The van der Waals surface area contributed by atoms with Gasteiger partial charge in [0.1, 0.15) is 5.10 Å². The summed E-state index contributed by atoms with van der Waals surface area (Å²) in [6.45, 7) is 0. The van der Waals surface area contributed by atoms with E-state index in [0.717, 1.165) is 4.21 Å². The molecule has 0 radical (unpaired) electrons. The van der Waals surface area contributed by atoms with Gasteiger partial charge in [-0.25, -0.2) is 0 Å². The first-order chi connectivity index (χ1) is 8.11. The lowest BCUT2D eigenvalue weighted by atomic mass is 11.0. The predicted molar refractivity (Wildman–Crippen MR) is 65.1 cm³/mol. The van der Waals surface area contributed by atoms with Crippen LogP contribution in [0.5, 0.6) is 0 Å². The lowest BCUT2D eigenvalue weighted by Gasteiger charge is -1.97. The molecule has 1 atom stereocenters. The minimum absolute atomic E-state index is 0.0960. The van der Waals surface area contributed by atoms with Gasteiger partial charge in [0.15, 0.2) is 0 Å². The molecule has 0 aliphatic carbocycles. The highest BCUT2D eigenvalue weighted by molar-refractivity contribution is 8.01. The average molecular weight is 308 g/mol. The van der Waals surface area contributed by atoms with Gasteiger partial charge in [0, 0.05) is 16.4 Å². The van der Waals surface area contributed by atoms with Crippen molar-refractivity contribution >= 4 is 50.7 Å². The summed E-state index contributed by atoms with van der Waals surface area (Å²) in [5.74, 6) is 0. The zero-order valence-electron chi connectivity index (χ0n) is 8.22. The second-order valence-electron chi connectivity index (χ2n) is 2.53. The van der Waals surface area contributed by atoms with Crippen LogP contribution in [0, 0.1) is 10.1 Å². The Morgan fingerprint density at radius 3 is 2.71 bits per heavy atom. The molecule has 1 unspecified atom stereocenters. The SMILES string of the molecule is CSc1cnc([S+]([O-])c2nnc([N+](=O)[O-])s2)s1. The van der Waals surface area contributed by atoms with E-state index in [1.807, 2.05) is 6.26 Å². The van der Waals surface area contributed by atoms with Crippen LogP contribution < -0.4 is 0 Å². The standard InChI is InChI=1S/C6H4N4O3S4/c1-14-3-2-7-5(15-3)17(13)6-9-8-4(16-6)10(11)12/h2H,1H3. The number of thioether (sulfide) groups is 1. The average Bonchev–Trinajstić information content (AvgIpc) is 2.97. The predicted octanol–water partition coefficient (Wildman–Crippen LogP) is 1.79. The molecule has 0 saturated carbocycles. The Morgan fingerprint density at radius 2 is 2.18 bits per heavy atom. The number of nitrogens with zero attached hydrogens (tertiary/aromatic N) is 4. The molecule has 2 rings (SSSR count). The number of hydrogen-bond acceptors (Lipinski definition) is 9. The molecule has 90 valence electrons. The summed E-state index contributed by atoms with van der Waals surface area (Å²) in [7, 11) is 0. The van der Waals surface area contributed by atoms with E-state index in [4.69, 9.17) is 0 Å². The molecule has 0 aliphatic rings. The maximum Gasteiger partial charge on any atom is 0.454 e. The van der Waals surface area contributed by atoms with Crippen LogP contribution >= 0.6 is 34.4 Å². The van der Waals surface area contributed by atoms with Crippen molar-refractivity contribution in [1.82, 2.24) is 15.2 Å². The maximum atomic E-state index is 11.9. The smallest absolute Gasteiger partial charge is 0.454 e. The van der Waals surface area contributed by atoms with Gasteiger partial charge in [-0.2, -0.15) is 4.98 Å². The Balaban J connectivity index is 2.23. The van der Waals surface area contributed by atoms with Gasteiger partial charge in [-0.05, 0) is 11.2 Å². The second kappa shape index (κ2) is 5.27. The first-order valence-corrected chi connectivity index (χ1v) is 8.02.